The van der Waals surface area contributed by atoms with Gasteiger partial charge in [0, 0.05) is 32.1 Å². The fraction of sp³-hybridized carbons (Fsp3) is 0.853. The first-order valence-electron chi connectivity index (χ1n) is 32.3. The Kier molecular flexibility index (Phi) is 19.8. The standard InChI is InChI=1S/C40H61FO6S.C28H44FNO4/c1-9-29-35-36(41)33(47-25(3)42)20-22-40(35,8)32-19-21-39(7)30(17-18-31(39)34(32)37(29)44)24(2)11-10-12-27(43)23-48(45,46)28-15-13-26(14-16-28)38(4,5)6;1-6-18-24-25(29)22(34-17(3)32)10-13-28(24,5)21-9-12-27(4)19(16(2)11-14-30-15-31)7-8-20(27)23(21)26(18)33/h13-16,24,29-37,44H,9-12,17-23H2,1-8H3;16,18-26,33H,6-14H2,1-5H3/t24-,29-,30?,31?,32?,33-,34?,35-,36+,37-,39-,40-;16-,18-,19?,20?,21?,22-,23?,24-,25+,26-,27-,28-/m11/s1. The lowest BCUT2D eigenvalue weighted by atomic mass is 9.41. The molecule has 0 heterocycles. The number of benzene rings is 1. The zero-order chi connectivity index (χ0) is 60.2. The molecule has 0 aliphatic heterocycles. The van der Waals surface area contributed by atoms with Gasteiger partial charge in [-0.15, -0.1) is 0 Å². The minimum atomic E-state index is -3.68. The van der Waals surface area contributed by atoms with E-state index in [-0.39, 0.29) is 85.6 Å². The molecule has 8 aliphatic rings. The first kappa shape index (κ1) is 64.9. The first-order chi connectivity index (χ1) is 38.4. The van der Waals surface area contributed by atoms with E-state index in [4.69, 9.17) is 9.47 Å². The van der Waals surface area contributed by atoms with Gasteiger partial charge in [0.25, 0.3) is 0 Å². The van der Waals surface area contributed by atoms with E-state index in [1.54, 1.807) is 18.2 Å². The van der Waals surface area contributed by atoms with Crippen molar-refractivity contribution in [1.29, 1.82) is 0 Å². The van der Waals surface area contributed by atoms with E-state index in [9.17, 15) is 37.8 Å². The second-order valence-electron chi connectivity index (χ2n) is 30.2. The molecule has 0 aromatic heterocycles. The Hall–Kier alpha value is -3.06. The quantitative estimate of drug-likeness (QED) is 0.0921. The summed E-state index contributed by atoms with van der Waals surface area (Å²) in [4.78, 5) is 50.7. The molecule has 0 radical (unpaired) electrons. The molecule has 8 fully saturated rings. The lowest BCUT2D eigenvalue weighted by Gasteiger charge is -2.65. The number of hydrogen-bond donors (Lipinski definition) is 2. The van der Waals surface area contributed by atoms with Gasteiger partial charge in [-0.25, -0.2) is 27.0 Å². The molecule has 8 unspecified atom stereocenters. The zero-order valence-corrected chi connectivity index (χ0v) is 53.1. The van der Waals surface area contributed by atoms with E-state index in [1.165, 1.54) is 13.8 Å². The highest BCUT2D eigenvalue weighted by Gasteiger charge is 2.69. The fourth-order valence-corrected chi connectivity index (χ4v) is 22.7. The molecule has 8 saturated carbocycles. The van der Waals surface area contributed by atoms with Crippen molar-refractivity contribution in [3.05, 3.63) is 29.8 Å². The summed E-state index contributed by atoms with van der Waals surface area (Å²) in [5.74, 6) is 1.17. The molecule has 1 aromatic rings. The number of aliphatic imine (C=N–C) groups is 1. The number of carbonyl (C=O) groups is 3. The Balaban J connectivity index is 0.000000227. The third kappa shape index (κ3) is 11.9. The average molecular weight is 1170 g/mol. The maximum atomic E-state index is 16.2. The van der Waals surface area contributed by atoms with Crippen LogP contribution in [0.15, 0.2) is 34.2 Å². The van der Waals surface area contributed by atoms with E-state index >= 15 is 8.78 Å². The average Bonchev–Trinajstić information content (AvgIpc) is 4.01. The van der Waals surface area contributed by atoms with Crippen LogP contribution in [0.3, 0.4) is 0 Å². The molecule has 0 spiro atoms. The highest BCUT2D eigenvalue weighted by molar-refractivity contribution is 7.92. The van der Waals surface area contributed by atoms with Crippen molar-refractivity contribution >= 4 is 33.6 Å². The van der Waals surface area contributed by atoms with Crippen LogP contribution in [0.5, 0.6) is 0 Å². The van der Waals surface area contributed by atoms with Crippen molar-refractivity contribution in [2.45, 2.75) is 253 Å². The number of hydrogen-bond acceptors (Lipinski definition) is 11. The van der Waals surface area contributed by atoms with Crippen LogP contribution < -0.4 is 0 Å². The predicted octanol–water partition coefficient (Wildman–Crippen LogP) is 13.8. The van der Waals surface area contributed by atoms with Gasteiger partial charge in [-0.2, -0.15) is 0 Å². The number of ether oxygens (including phenoxy) is 2. The number of rotatable bonds is 16. The Morgan fingerprint density at radius 2 is 1.09 bits per heavy atom. The van der Waals surface area contributed by atoms with Crippen molar-refractivity contribution in [3.8, 4) is 0 Å². The minimum absolute atomic E-state index is 0.0691. The topological polar surface area (TPSA) is 174 Å². The zero-order valence-electron chi connectivity index (χ0n) is 52.3. The molecule has 0 bridgehead atoms. The van der Waals surface area contributed by atoms with Crippen LogP contribution in [0, 0.1) is 105 Å². The smallest absolute Gasteiger partial charge is 0.303 e. The van der Waals surface area contributed by atoms with Crippen molar-refractivity contribution in [2.24, 2.45) is 110 Å². The SMILES string of the molecule is CC[C@@H]1[C@@H]2[C@@H](F)[C@H](OC(C)=O)CC[C@]2(C)C2CC[C@@]3(C)C(CCC3[C@H](C)CCCC(=O)CS(=O)(=O)c3ccc(C(C)(C)C)cc3)C2[C@@H]1O.CC[C@@H]1[C@@H]2[C@@H](F)[C@H](OC(C)=O)CC[C@]2(C)C2CC[C@@]3(C)C(CCC3[C@H](C)CCN=C=O)C2[C@@H]1O. The number of halogens is 2. The Morgan fingerprint density at radius 3 is 1.49 bits per heavy atom. The van der Waals surface area contributed by atoms with Crippen molar-refractivity contribution in [3.63, 3.8) is 0 Å². The fourth-order valence-electron chi connectivity index (χ4n) is 21.4. The third-order valence-corrected chi connectivity index (χ3v) is 26.9. The van der Waals surface area contributed by atoms with Gasteiger partial charge in [0.1, 0.15) is 36.1 Å². The van der Waals surface area contributed by atoms with Gasteiger partial charge in [0.15, 0.2) is 9.84 Å². The number of ketones is 1. The molecule has 24 atom stereocenters. The number of fused-ring (bicyclic) bond motifs is 10. The molecule has 9 rings (SSSR count). The van der Waals surface area contributed by atoms with Gasteiger partial charge in [0.05, 0.1) is 23.6 Å². The van der Waals surface area contributed by atoms with Crippen molar-refractivity contribution in [2.75, 3.05) is 12.3 Å². The second-order valence-corrected chi connectivity index (χ2v) is 32.2. The number of nitrogens with zero attached hydrogens (tertiary/aromatic N) is 1. The number of alkyl halides is 2. The number of aliphatic hydroxyl groups is 2. The maximum absolute atomic E-state index is 16.2. The molecule has 1 aromatic carbocycles. The van der Waals surface area contributed by atoms with Crippen LogP contribution in [-0.4, -0.2) is 91.5 Å². The highest BCUT2D eigenvalue weighted by Crippen LogP contribution is 2.72. The lowest BCUT2D eigenvalue weighted by Crippen LogP contribution is -2.65. The van der Waals surface area contributed by atoms with E-state index < -0.39 is 64.3 Å². The molecular weight excluding hydrogens is 1060 g/mol. The highest BCUT2D eigenvalue weighted by atomic mass is 32.2. The molecular formula is C68H105F2NO10S. The molecule has 8 aliphatic carbocycles. The largest absolute Gasteiger partial charge is 0.459 e. The Morgan fingerprint density at radius 1 is 0.671 bits per heavy atom. The van der Waals surface area contributed by atoms with Gasteiger partial charge in [-0.05, 0) is 206 Å². The van der Waals surface area contributed by atoms with Gasteiger partial charge < -0.3 is 19.7 Å². The number of carbonyl (C=O) groups excluding carboxylic acids is 4. The lowest BCUT2D eigenvalue weighted by molar-refractivity contribution is -0.226. The summed E-state index contributed by atoms with van der Waals surface area (Å²) in [5, 5.41) is 23.9. The van der Waals surface area contributed by atoms with Crippen LogP contribution >= 0.6 is 0 Å². The van der Waals surface area contributed by atoms with Gasteiger partial charge >= 0.3 is 11.9 Å². The summed E-state index contributed by atoms with van der Waals surface area (Å²) in [6.45, 7) is 27.6. The third-order valence-electron chi connectivity index (χ3n) is 25.2. The number of sulfone groups is 1. The van der Waals surface area contributed by atoms with E-state index in [0.29, 0.717) is 73.7 Å². The van der Waals surface area contributed by atoms with Crippen molar-refractivity contribution < 1.29 is 56.1 Å². The van der Waals surface area contributed by atoms with Crippen LogP contribution in [0.25, 0.3) is 0 Å². The number of aliphatic hydroxyl groups excluding tert-OH is 2. The normalized spacial score (nSPS) is 42.8. The summed E-state index contributed by atoms with van der Waals surface area (Å²) in [5.41, 5.74) is 0.797. The monoisotopic (exact) mass is 1170 g/mol. The number of Topliss-reactive ketones (excluding diaryl/α,β-unsaturated/α-hetero) is 1. The molecule has 0 amide bonds. The summed E-state index contributed by atoms with van der Waals surface area (Å²) < 4.78 is 69.1. The van der Waals surface area contributed by atoms with Crippen LogP contribution in [0.4, 0.5) is 8.78 Å². The summed E-state index contributed by atoms with van der Waals surface area (Å²) in [6.07, 6.45) is 12.2. The summed E-state index contributed by atoms with van der Waals surface area (Å²) in [6, 6.07) is 6.91. The van der Waals surface area contributed by atoms with Gasteiger partial charge in [-0.3, -0.25) is 14.4 Å². The Bertz CT molecular complexity index is 2580. The van der Waals surface area contributed by atoms with Gasteiger partial charge in [0.2, 0.25) is 6.08 Å². The maximum Gasteiger partial charge on any atom is 0.303 e. The summed E-state index contributed by atoms with van der Waals surface area (Å²) in [7, 11) is -3.68. The molecule has 462 valence electrons. The first-order valence-corrected chi connectivity index (χ1v) is 34.0. The second kappa shape index (κ2) is 25.0. The van der Waals surface area contributed by atoms with Crippen LogP contribution in [0.2, 0.25) is 0 Å². The minimum Gasteiger partial charge on any atom is -0.459 e. The Labute approximate surface area is 491 Å². The van der Waals surface area contributed by atoms with Crippen LogP contribution in [0.1, 0.15) is 211 Å². The van der Waals surface area contributed by atoms with Crippen LogP contribution in [-0.2, 0) is 43.9 Å². The van der Waals surface area contributed by atoms with E-state index in [2.05, 4.69) is 81.2 Å². The number of esters is 2. The molecule has 11 nitrogen and oxygen atoms in total. The van der Waals surface area contributed by atoms with Gasteiger partial charge in [-0.1, -0.05) is 108 Å². The molecule has 0 saturated heterocycles. The summed E-state index contributed by atoms with van der Waals surface area (Å²) >= 11 is 0. The predicted molar refractivity (Wildman–Crippen MR) is 315 cm³/mol. The molecule has 2 N–H and O–H groups in total. The van der Waals surface area contributed by atoms with E-state index in [0.717, 1.165) is 89.0 Å². The number of isocyanates is 1. The van der Waals surface area contributed by atoms with E-state index in [1.807, 2.05) is 12.1 Å². The molecule has 14 heteroatoms. The van der Waals surface area contributed by atoms with Crippen molar-refractivity contribution in [1.82, 2.24) is 0 Å². The molecule has 82 heavy (non-hydrogen) atoms.